The Bertz CT molecular complexity index is 511. The molecule has 0 amide bonds. The van der Waals surface area contributed by atoms with E-state index in [4.69, 9.17) is 0 Å². The van der Waals surface area contributed by atoms with Gasteiger partial charge in [-0.15, -0.1) is 0 Å². The fourth-order valence-electron chi connectivity index (χ4n) is 1.95. The SMILES string of the molecule is CCc1c(F)c(C(=O)OBr)c(CC)c(F)c1C(=O)OBr. The van der Waals surface area contributed by atoms with E-state index in [1.165, 1.54) is 13.8 Å². The van der Waals surface area contributed by atoms with E-state index in [0.717, 1.165) is 0 Å². The molecule has 1 aromatic rings. The van der Waals surface area contributed by atoms with Crippen molar-refractivity contribution in [2.24, 2.45) is 0 Å². The third-order valence-corrected chi connectivity index (χ3v) is 3.42. The Hall–Kier alpha value is -1.02. The summed E-state index contributed by atoms with van der Waals surface area (Å²) < 4.78 is 37.3. The Labute approximate surface area is 131 Å². The lowest BCUT2D eigenvalue weighted by Crippen LogP contribution is -2.18. The number of hydrogen-bond acceptors (Lipinski definition) is 4. The van der Waals surface area contributed by atoms with Crippen LogP contribution in [0, 0.1) is 11.6 Å². The summed E-state index contributed by atoms with van der Waals surface area (Å²) in [6.45, 7) is 3.05. The minimum absolute atomic E-state index is 0.00669. The summed E-state index contributed by atoms with van der Waals surface area (Å²) >= 11 is 4.89. The Morgan fingerprint density at radius 2 is 1.20 bits per heavy atom. The zero-order chi connectivity index (χ0) is 15.4. The van der Waals surface area contributed by atoms with E-state index in [1.807, 2.05) is 0 Å². The number of carbonyl (C=O) groups is 2. The number of hydrogen-bond donors (Lipinski definition) is 0. The average Bonchev–Trinajstić information content (AvgIpc) is 2.46. The topological polar surface area (TPSA) is 52.6 Å². The highest BCUT2D eigenvalue weighted by Crippen LogP contribution is 2.29. The maximum atomic E-state index is 14.4. The fourth-order valence-corrected chi connectivity index (χ4v) is 2.28. The summed E-state index contributed by atoms with van der Waals surface area (Å²) in [5, 5.41) is 0. The minimum atomic E-state index is -1.06. The molecule has 0 bridgehead atoms. The molecule has 0 fully saturated rings. The molecule has 0 aliphatic rings. The Morgan fingerprint density at radius 3 is 1.40 bits per heavy atom. The molecule has 0 radical (unpaired) electrons. The molecule has 0 heterocycles. The molecule has 0 saturated carbocycles. The summed E-state index contributed by atoms with van der Waals surface area (Å²) in [4.78, 5) is 23.2. The van der Waals surface area contributed by atoms with Gasteiger partial charge in [0.05, 0.1) is 0 Å². The van der Waals surface area contributed by atoms with Crippen molar-refractivity contribution in [2.75, 3.05) is 0 Å². The van der Waals surface area contributed by atoms with Gasteiger partial charge in [0.1, 0.15) is 22.8 Å². The molecule has 20 heavy (non-hydrogen) atoms. The number of carbonyl (C=O) groups excluding carboxylic acids is 2. The van der Waals surface area contributed by atoms with Crippen LogP contribution >= 0.6 is 32.5 Å². The van der Waals surface area contributed by atoms with Crippen molar-refractivity contribution >= 4 is 44.5 Å². The molecule has 1 rings (SSSR count). The van der Waals surface area contributed by atoms with Gasteiger partial charge in [0.25, 0.3) is 0 Å². The van der Waals surface area contributed by atoms with Gasteiger partial charge in [-0.2, -0.15) is 0 Å². The van der Waals surface area contributed by atoms with Gasteiger partial charge < -0.3 is 7.66 Å². The van der Waals surface area contributed by atoms with E-state index in [1.54, 1.807) is 0 Å². The molecule has 0 aromatic heterocycles. The largest absolute Gasteiger partial charge is 0.380 e. The fraction of sp³-hybridized carbons (Fsp3) is 0.333. The van der Waals surface area contributed by atoms with Crippen molar-refractivity contribution < 1.29 is 26.0 Å². The first-order valence-electron chi connectivity index (χ1n) is 5.62. The molecule has 0 spiro atoms. The zero-order valence-electron chi connectivity index (χ0n) is 10.6. The predicted molar refractivity (Wildman–Crippen MR) is 73.8 cm³/mol. The molecule has 110 valence electrons. The van der Waals surface area contributed by atoms with Crippen molar-refractivity contribution in [2.45, 2.75) is 26.7 Å². The monoisotopic (exact) mass is 414 g/mol. The van der Waals surface area contributed by atoms with E-state index < -0.39 is 34.7 Å². The highest BCUT2D eigenvalue weighted by Gasteiger charge is 2.31. The molecular formula is C12H10Br2F2O4. The second-order valence-electron chi connectivity index (χ2n) is 3.77. The first-order valence-corrected chi connectivity index (χ1v) is 6.92. The molecule has 8 heteroatoms. The summed E-state index contributed by atoms with van der Waals surface area (Å²) in [6, 6.07) is 0. The van der Waals surface area contributed by atoms with Crippen molar-refractivity contribution in [3.63, 3.8) is 0 Å². The van der Waals surface area contributed by atoms with Crippen LogP contribution in [0.3, 0.4) is 0 Å². The van der Waals surface area contributed by atoms with Gasteiger partial charge in [0.15, 0.2) is 32.5 Å². The van der Waals surface area contributed by atoms with E-state index >= 15 is 0 Å². The highest BCUT2D eigenvalue weighted by molar-refractivity contribution is 9.06. The molecule has 0 aliphatic heterocycles. The normalized spacial score (nSPS) is 10.3. The smallest absolute Gasteiger partial charge is 0.353 e. The number of rotatable bonds is 4. The average molecular weight is 416 g/mol. The summed E-state index contributed by atoms with van der Waals surface area (Å²) in [6.07, 6.45) is 0.0134. The quantitative estimate of drug-likeness (QED) is 0.745. The second-order valence-corrected chi connectivity index (χ2v) is 4.42. The van der Waals surface area contributed by atoms with Gasteiger partial charge in [0, 0.05) is 11.1 Å². The van der Waals surface area contributed by atoms with Crippen LogP contribution in [0.15, 0.2) is 0 Å². The summed E-state index contributed by atoms with van der Waals surface area (Å²) in [7, 11) is 0. The zero-order valence-corrected chi connectivity index (χ0v) is 13.7. The minimum Gasteiger partial charge on any atom is -0.380 e. The van der Waals surface area contributed by atoms with Crippen LogP contribution in [-0.2, 0) is 20.5 Å². The second kappa shape index (κ2) is 7.12. The molecule has 0 N–H and O–H groups in total. The first-order chi connectivity index (χ1) is 9.44. The molecular weight excluding hydrogens is 406 g/mol. The lowest BCUT2D eigenvalue weighted by molar-refractivity contribution is 0.0756. The highest BCUT2D eigenvalue weighted by atomic mass is 79.9. The van der Waals surface area contributed by atoms with Gasteiger partial charge in [-0.3, -0.25) is 0 Å². The van der Waals surface area contributed by atoms with Crippen LogP contribution in [-0.4, -0.2) is 11.9 Å². The van der Waals surface area contributed by atoms with E-state index in [2.05, 4.69) is 40.2 Å². The standard InChI is InChI=1S/C12H10Br2F2O4/c1-3-5-7(11(17)19-13)10(16)6(4-2)8(9(5)15)12(18)20-14/h3-4H2,1-2H3. The summed E-state index contributed by atoms with van der Waals surface area (Å²) in [5.41, 5.74) is -1.52. The van der Waals surface area contributed by atoms with Crippen molar-refractivity contribution in [1.29, 1.82) is 0 Å². The number of benzene rings is 1. The maximum absolute atomic E-state index is 14.4. The molecule has 0 aliphatic carbocycles. The van der Waals surface area contributed by atoms with Gasteiger partial charge in [-0.25, -0.2) is 18.4 Å². The van der Waals surface area contributed by atoms with Crippen molar-refractivity contribution in [3.05, 3.63) is 33.9 Å². The maximum Gasteiger partial charge on any atom is 0.353 e. The molecule has 0 unspecified atom stereocenters. The van der Waals surface area contributed by atoms with Crippen LogP contribution in [0.1, 0.15) is 45.7 Å². The first kappa shape index (κ1) is 17.0. The van der Waals surface area contributed by atoms with Gasteiger partial charge in [-0.1, -0.05) is 13.8 Å². The van der Waals surface area contributed by atoms with Gasteiger partial charge in [-0.05, 0) is 12.8 Å². The Balaban J connectivity index is 3.80. The number of halogens is 4. The van der Waals surface area contributed by atoms with E-state index in [-0.39, 0.29) is 24.0 Å². The Kier molecular flexibility index (Phi) is 6.07. The van der Waals surface area contributed by atoms with E-state index in [9.17, 15) is 18.4 Å². The Morgan fingerprint density at radius 1 is 0.900 bits per heavy atom. The van der Waals surface area contributed by atoms with Crippen molar-refractivity contribution in [3.8, 4) is 0 Å². The lowest BCUT2D eigenvalue weighted by atomic mass is 9.93. The van der Waals surface area contributed by atoms with Crippen molar-refractivity contribution in [1.82, 2.24) is 0 Å². The molecule has 1 aromatic carbocycles. The van der Waals surface area contributed by atoms with Gasteiger partial charge >= 0.3 is 11.9 Å². The van der Waals surface area contributed by atoms with Crippen LogP contribution in [0.2, 0.25) is 0 Å². The van der Waals surface area contributed by atoms with E-state index in [0.29, 0.717) is 0 Å². The third kappa shape index (κ3) is 2.85. The molecule has 0 atom stereocenters. The summed E-state index contributed by atoms with van der Waals surface area (Å²) in [5.74, 6) is -4.09. The lowest BCUT2D eigenvalue weighted by Gasteiger charge is -2.15. The van der Waals surface area contributed by atoms with Crippen LogP contribution < -0.4 is 0 Å². The van der Waals surface area contributed by atoms with Crippen LogP contribution in [0.25, 0.3) is 0 Å². The van der Waals surface area contributed by atoms with Gasteiger partial charge in [0.2, 0.25) is 0 Å². The molecule has 0 saturated heterocycles. The van der Waals surface area contributed by atoms with Crippen LogP contribution in [0.4, 0.5) is 8.78 Å². The van der Waals surface area contributed by atoms with Crippen LogP contribution in [0.5, 0.6) is 0 Å². The molecule has 4 nitrogen and oxygen atoms in total. The predicted octanol–water partition coefficient (Wildman–Crippen LogP) is 4.02. The third-order valence-electron chi connectivity index (χ3n) is 2.83.